The first kappa shape index (κ1) is 14.4. The summed E-state index contributed by atoms with van der Waals surface area (Å²) in [6.07, 6.45) is 2.79. The first-order valence-corrected chi connectivity index (χ1v) is 6.78. The van der Waals surface area contributed by atoms with Crippen LogP contribution >= 0.6 is 0 Å². The smallest absolute Gasteiger partial charge is 0.228 e. The van der Waals surface area contributed by atoms with Crippen LogP contribution in [-0.2, 0) is 9.59 Å². The minimum atomic E-state index is -1.13. The second-order valence-corrected chi connectivity index (χ2v) is 5.01. The van der Waals surface area contributed by atoms with Crippen molar-refractivity contribution in [2.24, 2.45) is 11.8 Å². The molecule has 0 aromatic heterocycles. The summed E-state index contributed by atoms with van der Waals surface area (Å²) in [5.41, 5.74) is 0.558. The van der Waals surface area contributed by atoms with Crippen LogP contribution in [0.1, 0.15) is 25.7 Å². The fraction of sp³-hybridized carbons (Fsp3) is 0.467. The van der Waals surface area contributed by atoms with Crippen LogP contribution < -0.4 is 15.2 Å². The number of rotatable bonds is 4. The van der Waals surface area contributed by atoms with E-state index in [1.165, 1.54) is 7.11 Å². The molecule has 1 aromatic carbocycles. The molecule has 0 saturated heterocycles. The number of carboxylic acids is 1. The summed E-state index contributed by atoms with van der Waals surface area (Å²) >= 11 is 0. The van der Waals surface area contributed by atoms with E-state index in [4.69, 9.17) is 4.74 Å². The van der Waals surface area contributed by atoms with Crippen LogP contribution in [0.25, 0.3) is 0 Å². The van der Waals surface area contributed by atoms with Gasteiger partial charge in [-0.15, -0.1) is 0 Å². The third-order valence-electron chi connectivity index (χ3n) is 3.77. The van der Waals surface area contributed by atoms with Crippen molar-refractivity contribution in [1.82, 2.24) is 0 Å². The average Bonchev–Trinajstić information content (AvgIpc) is 2.47. The van der Waals surface area contributed by atoms with E-state index in [2.05, 4.69) is 5.32 Å². The molecule has 1 saturated carbocycles. The first-order chi connectivity index (χ1) is 9.63. The molecular weight excluding hydrogens is 258 g/mol. The van der Waals surface area contributed by atoms with Crippen LogP contribution in [-0.4, -0.2) is 19.0 Å². The lowest BCUT2D eigenvalue weighted by Crippen LogP contribution is -2.42. The Balaban J connectivity index is 2.12. The van der Waals surface area contributed by atoms with Crippen molar-refractivity contribution in [3.05, 3.63) is 24.3 Å². The topological polar surface area (TPSA) is 78.5 Å². The lowest BCUT2D eigenvalue weighted by atomic mass is 9.78. The van der Waals surface area contributed by atoms with Gasteiger partial charge in [0.05, 0.1) is 12.8 Å². The highest BCUT2D eigenvalue weighted by molar-refractivity contribution is 5.96. The van der Waals surface area contributed by atoms with Crippen LogP contribution in [0.2, 0.25) is 0 Å². The van der Waals surface area contributed by atoms with E-state index in [-0.39, 0.29) is 5.91 Å². The summed E-state index contributed by atoms with van der Waals surface area (Å²) in [6.45, 7) is 0. The van der Waals surface area contributed by atoms with Gasteiger partial charge in [-0.25, -0.2) is 0 Å². The number of methoxy groups -OCH3 is 1. The summed E-state index contributed by atoms with van der Waals surface area (Å²) in [5, 5.41) is 13.9. The Morgan fingerprint density at radius 1 is 1.20 bits per heavy atom. The highest BCUT2D eigenvalue weighted by Crippen LogP contribution is 2.32. The fourth-order valence-electron chi connectivity index (χ4n) is 2.70. The highest BCUT2D eigenvalue weighted by Gasteiger charge is 2.32. The van der Waals surface area contributed by atoms with Gasteiger partial charge in [0.25, 0.3) is 0 Å². The van der Waals surface area contributed by atoms with E-state index >= 15 is 0 Å². The molecule has 1 amide bonds. The Morgan fingerprint density at radius 3 is 2.50 bits per heavy atom. The van der Waals surface area contributed by atoms with Crippen LogP contribution in [0.15, 0.2) is 24.3 Å². The number of nitrogens with one attached hydrogen (secondary N) is 1. The molecule has 1 aliphatic carbocycles. The summed E-state index contributed by atoms with van der Waals surface area (Å²) in [7, 11) is 1.52. The molecule has 20 heavy (non-hydrogen) atoms. The zero-order valence-electron chi connectivity index (χ0n) is 11.4. The molecule has 1 N–H and O–H groups in total. The molecule has 108 valence electrons. The largest absolute Gasteiger partial charge is 0.550 e. The van der Waals surface area contributed by atoms with E-state index in [1.54, 1.807) is 24.3 Å². The molecule has 2 atom stereocenters. The molecule has 1 fully saturated rings. The molecule has 0 bridgehead atoms. The summed E-state index contributed by atoms with van der Waals surface area (Å²) in [5.74, 6) is -2.08. The van der Waals surface area contributed by atoms with Crippen LogP contribution in [0.4, 0.5) is 5.69 Å². The van der Waals surface area contributed by atoms with Gasteiger partial charge in [-0.05, 0) is 25.0 Å². The van der Waals surface area contributed by atoms with Crippen molar-refractivity contribution in [3.63, 3.8) is 0 Å². The number of aliphatic carboxylic acids is 1. The van der Waals surface area contributed by atoms with Crippen molar-refractivity contribution >= 4 is 17.6 Å². The summed E-state index contributed by atoms with van der Waals surface area (Å²) in [6, 6.07) is 7.06. The molecule has 0 heterocycles. The molecule has 0 unspecified atom stereocenters. The van der Waals surface area contributed by atoms with E-state index in [0.717, 1.165) is 12.8 Å². The minimum absolute atomic E-state index is 0.275. The molecule has 0 radical (unpaired) electrons. The number of amides is 1. The van der Waals surface area contributed by atoms with E-state index < -0.39 is 17.8 Å². The third-order valence-corrected chi connectivity index (χ3v) is 3.77. The second-order valence-electron chi connectivity index (χ2n) is 5.01. The van der Waals surface area contributed by atoms with E-state index in [0.29, 0.717) is 24.3 Å². The number of hydrogen-bond acceptors (Lipinski definition) is 4. The number of hydrogen-bond donors (Lipinski definition) is 1. The van der Waals surface area contributed by atoms with Gasteiger partial charge in [-0.2, -0.15) is 0 Å². The maximum Gasteiger partial charge on any atom is 0.228 e. The molecule has 5 heteroatoms. The van der Waals surface area contributed by atoms with Crippen molar-refractivity contribution in [2.75, 3.05) is 12.4 Å². The Kier molecular flexibility index (Phi) is 4.61. The molecular formula is C15H18NO4-. The lowest BCUT2D eigenvalue weighted by molar-refractivity contribution is -0.313. The quantitative estimate of drug-likeness (QED) is 0.896. The Hall–Kier alpha value is -2.04. The predicted molar refractivity (Wildman–Crippen MR) is 72.1 cm³/mol. The Bertz CT molecular complexity index is 500. The van der Waals surface area contributed by atoms with Crippen LogP contribution in [0.3, 0.4) is 0 Å². The number of carbonyl (C=O) groups is 2. The van der Waals surface area contributed by atoms with Gasteiger partial charge in [-0.1, -0.05) is 25.0 Å². The predicted octanol–water partition coefficient (Wildman–Crippen LogP) is 1.19. The second kappa shape index (κ2) is 6.41. The molecule has 5 nitrogen and oxygen atoms in total. The van der Waals surface area contributed by atoms with Crippen molar-refractivity contribution in [3.8, 4) is 5.75 Å². The number of carbonyl (C=O) groups excluding carboxylic acids is 2. The van der Waals surface area contributed by atoms with Gasteiger partial charge in [0.1, 0.15) is 5.75 Å². The normalized spacial score (nSPS) is 22.1. The maximum atomic E-state index is 12.3. The highest BCUT2D eigenvalue weighted by atomic mass is 16.5. The van der Waals surface area contributed by atoms with Gasteiger partial charge in [0, 0.05) is 17.8 Å². The van der Waals surface area contributed by atoms with Crippen molar-refractivity contribution < 1.29 is 19.4 Å². The maximum absolute atomic E-state index is 12.3. The zero-order valence-corrected chi connectivity index (χ0v) is 11.4. The number of anilines is 1. The molecule has 0 spiro atoms. The number of benzene rings is 1. The minimum Gasteiger partial charge on any atom is -0.550 e. The number of carboxylic acid groups (broad SMARTS) is 1. The van der Waals surface area contributed by atoms with E-state index in [9.17, 15) is 14.7 Å². The monoisotopic (exact) mass is 276 g/mol. The van der Waals surface area contributed by atoms with Gasteiger partial charge < -0.3 is 20.0 Å². The average molecular weight is 276 g/mol. The number of para-hydroxylation sites is 2. The first-order valence-electron chi connectivity index (χ1n) is 6.78. The van der Waals surface area contributed by atoms with Gasteiger partial charge in [0.2, 0.25) is 5.91 Å². The standard InChI is InChI=1S/C15H19NO4/c1-20-13-9-5-4-8-12(13)16-14(17)10-6-2-3-7-11(10)15(18)19/h4-5,8-11H,2-3,6-7H2,1H3,(H,16,17)(H,18,19)/p-1/t10-,11-/m0/s1. The SMILES string of the molecule is COc1ccccc1NC(=O)[C@H]1CCCC[C@@H]1C(=O)[O-]. The van der Waals surface area contributed by atoms with Gasteiger partial charge in [0.15, 0.2) is 0 Å². The van der Waals surface area contributed by atoms with E-state index in [1.807, 2.05) is 0 Å². The Labute approximate surface area is 117 Å². The van der Waals surface area contributed by atoms with Crippen molar-refractivity contribution in [1.29, 1.82) is 0 Å². The molecule has 1 aliphatic rings. The fourth-order valence-corrected chi connectivity index (χ4v) is 2.70. The molecule has 1 aromatic rings. The lowest BCUT2D eigenvalue weighted by Gasteiger charge is -2.31. The third kappa shape index (κ3) is 3.10. The van der Waals surface area contributed by atoms with Gasteiger partial charge >= 0.3 is 0 Å². The molecule has 0 aliphatic heterocycles. The Morgan fingerprint density at radius 2 is 1.85 bits per heavy atom. The summed E-state index contributed by atoms with van der Waals surface area (Å²) < 4.78 is 5.16. The summed E-state index contributed by atoms with van der Waals surface area (Å²) in [4.78, 5) is 23.4. The van der Waals surface area contributed by atoms with Gasteiger partial charge in [-0.3, -0.25) is 4.79 Å². The van der Waals surface area contributed by atoms with Crippen LogP contribution in [0.5, 0.6) is 5.75 Å². The number of ether oxygens (including phenoxy) is 1. The van der Waals surface area contributed by atoms with Crippen molar-refractivity contribution in [2.45, 2.75) is 25.7 Å². The van der Waals surface area contributed by atoms with Crippen LogP contribution in [0, 0.1) is 11.8 Å². The zero-order chi connectivity index (χ0) is 14.5. The molecule has 2 rings (SSSR count).